The van der Waals surface area contributed by atoms with Crippen LogP contribution in [-0.4, -0.2) is 79.4 Å². The number of benzene rings is 2. The van der Waals surface area contributed by atoms with Crippen molar-refractivity contribution >= 4 is 45.5 Å². The lowest BCUT2D eigenvalue weighted by molar-refractivity contribution is -0.258. The molecule has 2 atom stereocenters. The van der Waals surface area contributed by atoms with Gasteiger partial charge in [-0.25, -0.2) is 9.48 Å². The molecule has 2 N–H and O–H groups in total. The summed E-state index contributed by atoms with van der Waals surface area (Å²) >= 11 is 4.66. The zero-order valence-electron chi connectivity index (χ0n) is 21.9. The predicted octanol–water partition coefficient (Wildman–Crippen LogP) is 1.67. The number of phenolic OH excluding ortho intramolecular Hbond substituents is 1. The summed E-state index contributed by atoms with van der Waals surface area (Å²) < 4.78 is 19.4. The van der Waals surface area contributed by atoms with Crippen LogP contribution in [0.4, 0.5) is 0 Å². The third-order valence-electron chi connectivity index (χ3n) is 6.47. The first kappa shape index (κ1) is 28.7. The molecule has 2 aliphatic rings. The van der Waals surface area contributed by atoms with E-state index < -0.39 is 29.7 Å². The number of aryl methyl sites for hydroxylation is 1. The molecule has 0 aliphatic carbocycles. The Kier molecular flexibility index (Phi) is 8.40. The fourth-order valence-corrected chi connectivity index (χ4v) is 5.72. The van der Waals surface area contributed by atoms with E-state index in [1.54, 1.807) is 19.2 Å². The van der Waals surface area contributed by atoms with Gasteiger partial charge in [-0.3, -0.25) is 14.5 Å². The van der Waals surface area contributed by atoms with E-state index in [-0.39, 0.29) is 36.8 Å². The van der Waals surface area contributed by atoms with Gasteiger partial charge in [0.05, 0.1) is 13.0 Å². The molecule has 5 rings (SSSR count). The quantitative estimate of drug-likeness (QED) is 0.143. The lowest BCUT2D eigenvalue weighted by Gasteiger charge is -2.55. The van der Waals surface area contributed by atoms with E-state index in [1.165, 1.54) is 35.7 Å². The summed E-state index contributed by atoms with van der Waals surface area (Å²) in [5.74, 6) is -1.61. The van der Waals surface area contributed by atoms with Gasteiger partial charge < -0.3 is 24.6 Å². The number of halogens is 1. The monoisotopic (exact) mass is 644 g/mol. The number of carbonyl (C=O) groups excluding carboxylic acids is 3. The number of thioether (sulfide) groups is 1. The number of esters is 1. The van der Waals surface area contributed by atoms with Crippen LogP contribution < -0.4 is 5.32 Å². The topological polar surface area (TPSA) is 158 Å². The SMILES string of the molecule is CO[C@@]1(NC(=O)Cc2ccc(O)cc2)C(=O)N2C(C(=O)OCc3cccc(Br)c3)=C(CSc3nnnn3C)CO[C@@H]21. The Morgan fingerprint density at radius 1 is 1.24 bits per heavy atom. The van der Waals surface area contributed by atoms with Gasteiger partial charge in [0.15, 0.2) is 6.23 Å². The summed E-state index contributed by atoms with van der Waals surface area (Å²) in [4.78, 5) is 41.2. The third-order valence-corrected chi connectivity index (χ3v) is 8.06. The summed E-state index contributed by atoms with van der Waals surface area (Å²) in [7, 11) is 2.96. The van der Waals surface area contributed by atoms with Crippen LogP contribution in [0.5, 0.6) is 5.75 Å². The molecular weight excluding hydrogens is 620 g/mol. The number of ether oxygens (including phenoxy) is 3. The smallest absolute Gasteiger partial charge is 0.355 e. The van der Waals surface area contributed by atoms with Crippen LogP contribution in [0.15, 0.2) is 69.4 Å². The number of phenols is 1. The molecule has 0 spiro atoms. The highest BCUT2D eigenvalue weighted by molar-refractivity contribution is 9.10. The van der Waals surface area contributed by atoms with Gasteiger partial charge in [-0.1, -0.05) is 52.0 Å². The van der Waals surface area contributed by atoms with Crippen molar-refractivity contribution in [1.82, 2.24) is 30.4 Å². The minimum absolute atomic E-state index is 0.0179. The Balaban J connectivity index is 1.37. The van der Waals surface area contributed by atoms with Gasteiger partial charge in [-0.15, -0.1) is 5.10 Å². The fourth-order valence-electron chi connectivity index (χ4n) is 4.43. The maximum Gasteiger partial charge on any atom is 0.355 e. The Bertz CT molecular complexity index is 1510. The molecule has 1 aromatic heterocycles. The standard InChI is InChI=1S/C26H25BrN6O7S/c1-32-25(29-30-31-32)41-14-17-13-40-24-26(38-2,28-20(35)11-15-6-8-19(34)9-7-15)23(37)33(24)21(17)22(36)39-12-16-4-3-5-18(27)10-16/h3-10,24,34H,11-14H2,1-2H3,(H,28,35)/t24-,26+/m1/s1. The normalized spacial score (nSPS) is 19.9. The number of nitrogens with one attached hydrogen (secondary N) is 1. The van der Waals surface area contributed by atoms with Crippen LogP contribution >= 0.6 is 27.7 Å². The van der Waals surface area contributed by atoms with Gasteiger partial charge in [0.2, 0.25) is 11.1 Å². The predicted molar refractivity (Wildman–Crippen MR) is 147 cm³/mol. The number of aromatic nitrogens is 4. The number of tetrazole rings is 1. The van der Waals surface area contributed by atoms with Crippen LogP contribution in [-0.2, 0) is 48.7 Å². The van der Waals surface area contributed by atoms with Crippen molar-refractivity contribution in [2.75, 3.05) is 19.5 Å². The third kappa shape index (κ3) is 5.84. The van der Waals surface area contributed by atoms with E-state index in [1.807, 2.05) is 24.3 Å². The maximum atomic E-state index is 13.6. The largest absolute Gasteiger partial charge is 0.508 e. The molecule has 0 saturated carbocycles. The van der Waals surface area contributed by atoms with Crippen molar-refractivity contribution in [3.63, 3.8) is 0 Å². The van der Waals surface area contributed by atoms with Crippen LogP contribution in [0.25, 0.3) is 0 Å². The van der Waals surface area contributed by atoms with E-state index in [2.05, 4.69) is 36.8 Å². The first-order chi connectivity index (χ1) is 19.7. The molecular formula is C26H25BrN6O7S. The van der Waals surface area contributed by atoms with Crippen molar-refractivity contribution in [2.24, 2.45) is 7.05 Å². The van der Waals surface area contributed by atoms with Crippen molar-refractivity contribution in [3.8, 4) is 5.75 Å². The Morgan fingerprint density at radius 2 is 2.02 bits per heavy atom. The second-order valence-corrected chi connectivity index (χ2v) is 11.1. The molecule has 214 valence electrons. The summed E-state index contributed by atoms with van der Waals surface area (Å²) in [6, 6.07) is 13.4. The van der Waals surface area contributed by atoms with Gasteiger partial charge in [-0.05, 0) is 51.4 Å². The van der Waals surface area contributed by atoms with E-state index >= 15 is 0 Å². The molecule has 1 saturated heterocycles. The van der Waals surface area contributed by atoms with Gasteiger partial charge in [-0.2, -0.15) is 0 Å². The van der Waals surface area contributed by atoms with E-state index in [4.69, 9.17) is 14.2 Å². The number of hydrogen-bond donors (Lipinski definition) is 2. The van der Waals surface area contributed by atoms with Gasteiger partial charge in [0.25, 0.3) is 11.6 Å². The molecule has 0 unspecified atom stereocenters. The number of carbonyl (C=O) groups is 3. The van der Waals surface area contributed by atoms with Gasteiger partial charge in [0, 0.05) is 24.4 Å². The first-order valence-electron chi connectivity index (χ1n) is 12.3. The van der Waals surface area contributed by atoms with Crippen molar-refractivity contribution < 1.29 is 33.7 Å². The summed E-state index contributed by atoms with van der Waals surface area (Å²) in [6.45, 7) is -0.0608. The fraction of sp³-hybridized carbons (Fsp3) is 0.308. The highest BCUT2D eigenvalue weighted by atomic mass is 79.9. The highest BCUT2D eigenvalue weighted by Crippen LogP contribution is 2.41. The lowest BCUT2D eigenvalue weighted by Crippen LogP contribution is -2.82. The Labute approximate surface area is 246 Å². The zero-order valence-corrected chi connectivity index (χ0v) is 24.3. The minimum Gasteiger partial charge on any atom is -0.508 e. The second kappa shape index (κ2) is 12.0. The second-order valence-electron chi connectivity index (χ2n) is 9.20. The molecule has 13 nitrogen and oxygen atoms in total. The Morgan fingerprint density at radius 3 is 2.71 bits per heavy atom. The average Bonchev–Trinajstić information content (AvgIpc) is 3.38. The number of fused-ring (bicyclic) bond motifs is 1. The molecule has 0 bridgehead atoms. The first-order valence-corrected chi connectivity index (χ1v) is 14.1. The van der Waals surface area contributed by atoms with Gasteiger partial charge in [0.1, 0.15) is 18.1 Å². The summed E-state index contributed by atoms with van der Waals surface area (Å²) in [5, 5.41) is 24.0. The minimum atomic E-state index is -1.84. The van der Waals surface area contributed by atoms with Crippen LogP contribution in [0.2, 0.25) is 0 Å². The Hall–Kier alpha value is -3.79. The van der Waals surface area contributed by atoms with Crippen LogP contribution in [0, 0.1) is 0 Å². The summed E-state index contributed by atoms with van der Waals surface area (Å²) in [6.07, 6.45) is -1.18. The number of amides is 2. The van der Waals surface area contributed by atoms with E-state index in [0.717, 1.165) is 14.9 Å². The number of aromatic hydroxyl groups is 1. The molecule has 3 aromatic rings. The molecule has 15 heteroatoms. The molecule has 2 aliphatic heterocycles. The molecule has 3 heterocycles. The molecule has 2 aromatic carbocycles. The van der Waals surface area contributed by atoms with Crippen LogP contribution in [0.1, 0.15) is 11.1 Å². The van der Waals surface area contributed by atoms with Gasteiger partial charge >= 0.3 is 5.97 Å². The molecule has 41 heavy (non-hydrogen) atoms. The number of nitrogens with zero attached hydrogens (tertiary/aromatic N) is 5. The summed E-state index contributed by atoms with van der Waals surface area (Å²) in [5.41, 5.74) is 0.0387. The number of rotatable bonds is 10. The lowest BCUT2D eigenvalue weighted by atomic mass is 9.94. The maximum absolute atomic E-state index is 13.6. The van der Waals surface area contributed by atoms with Crippen molar-refractivity contribution in [3.05, 3.63) is 75.4 Å². The molecule has 0 radical (unpaired) electrons. The molecule has 2 amide bonds. The average molecular weight is 645 g/mol. The number of hydrogen-bond acceptors (Lipinski definition) is 11. The number of methoxy groups -OCH3 is 1. The van der Waals surface area contributed by atoms with Crippen molar-refractivity contribution in [1.29, 1.82) is 0 Å². The van der Waals surface area contributed by atoms with Crippen LogP contribution in [0.3, 0.4) is 0 Å². The number of β-lactam (4-membered cyclic amide) rings is 1. The van der Waals surface area contributed by atoms with Crippen molar-refractivity contribution in [2.45, 2.75) is 30.1 Å². The van der Waals surface area contributed by atoms with E-state index in [0.29, 0.717) is 16.3 Å². The van der Waals surface area contributed by atoms with E-state index in [9.17, 15) is 19.5 Å². The zero-order chi connectivity index (χ0) is 29.1. The highest BCUT2D eigenvalue weighted by Gasteiger charge is 2.67. The molecule has 1 fully saturated rings.